The van der Waals surface area contributed by atoms with E-state index >= 15 is 0 Å². The summed E-state index contributed by atoms with van der Waals surface area (Å²) in [7, 11) is 1.49. The number of aromatic nitrogens is 1. The highest BCUT2D eigenvalue weighted by Gasteiger charge is 2.19. The van der Waals surface area contributed by atoms with E-state index in [1.807, 2.05) is 0 Å². The van der Waals surface area contributed by atoms with E-state index in [0.29, 0.717) is 35.6 Å². The average Bonchev–Trinajstić information content (AvgIpc) is 2.39. The molecule has 2 aromatic rings. The Bertz CT molecular complexity index is 628. The molecule has 0 unspecified atom stereocenters. The van der Waals surface area contributed by atoms with E-state index in [4.69, 9.17) is 15.2 Å². The van der Waals surface area contributed by atoms with Crippen LogP contribution in [0.4, 0.5) is 10.1 Å². The zero-order chi connectivity index (χ0) is 12.7. The zero-order valence-corrected chi connectivity index (χ0v) is 10.00. The molecule has 0 bridgehead atoms. The molecule has 1 aliphatic rings. The normalized spacial score (nSPS) is 14.6. The van der Waals surface area contributed by atoms with Gasteiger partial charge in [-0.15, -0.1) is 0 Å². The molecule has 5 heteroatoms. The minimum absolute atomic E-state index is 0.385. The quantitative estimate of drug-likeness (QED) is 0.839. The minimum atomic E-state index is -0.385. The first-order valence-corrected chi connectivity index (χ1v) is 5.73. The van der Waals surface area contributed by atoms with Crippen molar-refractivity contribution in [2.45, 2.75) is 13.0 Å². The van der Waals surface area contributed by atoms with Gasteiger partial charge < -0.3 is 15.2 Å². The van der Waals surface area contributed by atoms with E-state index < -0.39 is 0 Å². The highest BCUT2D eigenvalue weighted by Crippen LogP contribution is 2.34. The summed E-state index contributed by atoms with van der Waals surface area (Å²) >= 11 is 0. The van der Waals surface area contributed by atoms with Crippen LogP contribution in [0.5, 0.6) is 5.75 Å². The Morgan fingerprint density at radius 3 is 3.06 bits per heavy atom. The van der Waals surface area contributed by atoms with E-state index in [-0.39, 0.29) is 5.82 Å². The van der Waals surface area contributed by atoms with Gasteiger partial charge in [0.15, 0.2) is 0 Å². The Labute approximate surface area is 104 Å². The lowest BCUT2D eigenvalue weighted by Gasteiger charge is -2.19. The molecule has 0 saturated carbocycles. The SMILES string of the molecule is COc1cc(F)cc2c(N)c3c(nc12)CCOC3. The van der Waals surface area contributed by atoms with Gasteiger partial charge in [-0.25, -0.2) is 9.37 Å². The van der Waals surface area contributed by atoms with Crippen molar-refractivity contribution in [3.63, 3.8) is 0 Å². The van der Waals surface area contributed by atoms with Gasteiger partial charge in [0.05, 0.1) is 26.0 Å². The summed E-state index contributed by atoms with van der Waals surface area (Å²) in [5.41, 5.74) is 9.01. The molecule has 3 rings (SSSR count). The molecule has 1 aliphatic heterocycles. The number of halogens is 1. The monoisotopic (exact) mass is 248 g/mol. The molecular formula is C13H13FN2O2. The van der Waals surface area contributed by atoms with Gasteiger partial charge in [-0.2, -0.15) is 0 Å². The molecule has 1 aromatic heterocycles. The van der Waals surface area contributed by atoms with Gasteiger partial charge in [-0.3, -0.25) is 0 Å². The first kappa shape index (κ1) is 11.2. The van der Waals surface area contributed by atoms with E-state index in [2.05, 4.69) is 4.98 Å². The number of benzene rings is 1. The predicted molar refractivity (Wildman–Crippen MR) is 66.0 cm³/mol. The Balaban J connectivity index is 2.37. The number of pyridine rings is 1. The molecule has 94 valence electrons. The fraction of sp³-hybridized carbons (Fsp3) is 0.308. The van der Waals surface area contributed by atoms with Crippen LogP contribution in [0.1, 0.15) is 11.3 Å². The zero-order valence-electron chi connectivity index (χ0n) is 10.00. The second-order valence-electron chi connectivity index (χ2n) is 4.26. The van der Waals surface area contributed by atoms with Gasteiger partial charge in [0, 0.05) is 29.1 Å². The van der Waals surface area contributed by atoms with E-state index in [0.717, 1.165) is 17.7 Å². The number of methoxy groups -OCH3 is 1. The molecule has 4 nitrogen and oxygen atoms in total. The summed E-state index contributed by atoms with van der Waals surface area (Å²) in [5, 5.41) is 0.580. The van der Waals surface area contributed by atoms with Crippen LogP contribution in [-0.2, 0) is 17.8 Å². The van der Waals surface area contributed by atoms with Crippen LogP contribution in [0.2, 0.25) is 0 Å². The summed E-state index contributed by atoms with van der Waals surface area (Å²) in [6.45, 7) is 1.07. The molecule has 0 radical (unpaired) electrons. The van der Waals surface area contributed by atoms with Crippen molar-refractivity contribution in [1.82, 2.24) is 4.98 Å². The fourth-order valence-electron chi connectivity index (χ4n) is 2.28. The number of hydrogen-bond donors (Lipinski definition) is 1. The van der Waals surface area contributed by atoms with Crippen LogP contribution in [0.15, 0.2) is 12.1 Å². The Kier molecular flexibility index (Phi) is 2.56. The van der Waals surface area contributed by atoms with Crippen molar-refractivity contribution < 1.29 is 13.9 Å². The summed E-state index contributed by atoms with van der Waals surface area (Å²) in [6, 6.07) is 2.70. The number of nitrogens with zero attached hydrogens (tertiary/aromatic N) is 1. The summed E-state index contributed by atoms with van der Waals surface area (Å²) in [6.07, 6.45) is 0.718. The van der Waals surface area contributed by atoms with E-state index in [1.165, 1.54) is 19.2 Å². The molecule has 0 atom stereocenters. The van der Waals surface area contributed by atoms with Gasteiger partial charge >= 0.3 is 0 Å². The van der Waals surface area contributed by atoms with Crippen molar-refractivity contribution in [3.8, 4) is 5.75 Å². The number of anilines is 1. The van der Waals surface area contributed by atoms with Crippen LogP contribution >= 0.6 is 0 Å². The summed E-state index contributed by atoms with van der Waals surface area (Å²) in [4.78, 5) is 4.54. The molecule has 0 aliphatic carbocycles. The maximum absolute atomic E-state index is 13.5. The Morgan fingerprint density at radius 1 is 1.44 bits per heavy atom. The van der Waals surface area contributed by atoms with Crippen molar-refractivity contribution in [2.24, 2.45) is 0 Å². The molecule has 0 fully saturated rings. The van der Waals surface area contributed by atoms with Gasteiger partial charge in [0.25, 0.3) is 0 Å². The van der Waals surface area contributed by atoms with Crippen LogP contribution in [0.3, 0.4) is 0 Å². The lowest BCUT2D eigenvalue weighted by Crippen LogP contribution is -2.14. The van der Waals surface area contributed by atoms with Crippen molar-refractivity contribution in [3.05, 3.63) is 29.2 Å². The van der Waals surface area contributed by atoms with Gasteiger partial charge in [-0.1, -0.05) is 0 Å². The van der Waals surface area contributed by atoms with Gasteiger partial charge in [-0.05, 0) is 6.07 Å². The average molecular weight is 248 g/mol. The predicted octanol–water partition coefficient (Wildman–Crippen LogP) is 2.04. The van der Waals surface area contributed by atoms with Crippen LogP contribution in [0, 0.1) is 5.82 Å². The topological polar surface area (TPSA) is 57.4 Å². The first-order valence-electron chi connectivity index (χ1n) is 5.73. The number of hydrogen-bond acceptors (Lipinski definition) is 4. The minimum Gasteiger partial charge on any atom is -0.494 e. The molecule has 1 aromatic carbocycles. The number of rotatable bonds is 1. The number of nitrogens with two attached hydrogens (primary N) is 1. The highest BCUT2D eigenvalue weighted by atomic mass is 19.1. The molecule has 0 spiro atoms. The van der Waals surface area contributed by atoms with Crippen molar-refractivity contribution in [2.75, 3.05) is 19.5 Å². The number of nitrogen functional groups attached to an aromatic ring is 1. The van der Waals surface area contributed by atoms with Crippen LogP contribution in [0.25, 0.3) is 10.9 Å². The van der Waals surface area contributed by atoms with Crippen LogP contribution < -0.4 is 10.5 Å². The largest absolute Gasteiger partial charge is 0.494 e. The van der Waals surface area contributed by atoms with Crippen LogP contribution in [-0.4, -0.2) is 18.7 Å². The lowest BCUT2D eigenvalue weighted by molar-refractivity contribution is 0.110. The maximum Gasteiger partial charge on any atom is 0.148 e. The standard InChI is InChI=1S/C13H13FN2O2/c1-17-11-5-7(14)4-8-12(15)9-6-18-3-2-10(9)16-13(8)11/h4-5H,2-3,6H2,1H3,(H2,15,16). The third-order valence-electron chi connectivity index (χ3n) is 3.20. The van der Waals surface area contributed by atoms with Crippen molar-refractivity contribution in [1.29, 1.82) is 0 Å². The number of ether oxygens (including phenoxy) is 2. The smallest absolute Gasteiger partial charge is 0.148 e. The molecular weight excluding hydrogens is 235 g/mol. The molecule has 2 heterocycles. The third kappa shape index (κ3) is 1.59. The van der Waals surface area contributed by atoms with Gasteiger partial charge in [0.2, 0.25) is 0 Å². The third-order valence-corrected chi connectivity index (χ3v) is 3.20. The number of fused-ring (bicyclic) bond motifs is 2. The molecule has 18 heavy (non-hydrogen) atoms. The molecule has 0 saturated heterocycles. The summed E-state index contributed by atoms with van der Waals surface area (Å²) in [5.74, 6) is 0.0236. The second kappa shape index (κ2) is 4.10. The lowest BCUT2D eigenvalue weighted by atomic mass is 10.0. The second-order valence-corrected chi connectivity index (χ2v) is 4.26. The Hall–Kier alpha value is -1.88. The molecule has 2 N–H and O–H groups in total. The fourth-order valence-corrected chi connectivity index (χ4v) is 2.28. The molecule has 0 amide bonds. The summed E-state index contributed by atoms with van der Waals surface area (Å²) < 4.78 is 24.0. The van der Waals surface area contributed by atoms with Gasteiger partial charge in [0.1, 0.15) is 17.1 Å². The van der Waals surface area contributed by atoms with E-state index in [1.54, 1.807) is 0 Å². The van der Waals surface area contributed by atoms with E-state index in [9.17, 15) is 4.39 Å². The first-order chi connectivity index (χ1) is 8.70. The highest BCUT2D eigenvalue weighted by molar-refractivity contribution is 5.95. The van der Waals surface area contributed by atoms with Crippen molar-refractivity contribution >= 4 is 16.6 Å². The Morgan fingerprint density at radius 2 is 2.28 bits per heavy atom. The maximum atomic E-state index is 13.5.